The lowest BCUT2D eigenvalue weighted by molar-refractivity contribution is 0.584. The molecule has 4 heteroatoms. The van der Waals surface area contributed by atoms with E-state index >= 15 is 0 Å². The number of sulfonamides is 1. The first-order chi connectivity index (χ1) is 7.45. The van der Waals surface area contributed by atoms with Crippen LogP contribution in [0.25, 0.3) is 0 Å². The third-order valence-corrected chi connectivity index (χ3v) is 3.62. The average molecular weight is 239 g/mol. The van der Waals surface area contributed by atoms with Gasteiger partial charge in [0, 0.05) is 6.54 Å². The van der Waals surface area contributed by atoms with E-state index < -0.39 is 10.0 Å². The molecule has 1 aromatic rings. The summed E-state index contributed by atoms with van der Waals surface area (Å²) in [6.45, 7) is 7.74. The average Bonchev–Trinajstić information content (AvgIpc) is 2.27. The van der Waals surface area contributed by atoms with Gasteiger partial charge in [-0.15, -0.1) is 0 Å². The fourth-order valence-corrected chi connectivity index (χ4v) is 2.30. The Hall–Kier alpha value is -1.13. The monoisotopic (exact) mass is 239 g/mol. The van der Waals surface area contributed by atoms with Crippen LogP contribution in [0.4, 0.5) is 0 Å². The summed E-state index contributed by atoms with van der Waals surface area (Å²) >= 11 is 0. The zero-order valence-electron chi connectivity index (χ0n) is 9.66. The number of benzene rings is 1. The smallest absolute Gasteiger partial charge is 0.207 e. The van der Waals surface area contributed by atoms with Crippen LogP contribution < -0.4 is 4.72 Å². The summed E-state index contributed by atoms with van der Waals surface area (Å²) in [7, 11) is -3.39. The van der Waals surface area contributed by atoms with Gasteiger partial charge < -0.3 is 0 Å². The molecule has 0 aliphatic heterocycles. The summed E-state index contributed by atoms with van der Waals surface area (Å²) in [4.78, 5) is 0.297. The van der Waals surface area contributed by atoms with Crippen molar-refractivity contribution in [2.75, 3.05) is 6.54 Å². The minimum atomic E-state index is -3.39. The van der Waals surface area contributed by atoms with E-state index in [0.717, 1.165) is 17.6 Å². The van der Waals surface area contributed by atoms with E-state index in [1.54, 1.807) is 19.1 Å². The highest BCUT2D eigenvalue weighted by Crippen LogP contribution is 2.10. The van der Waals surface area contributed by atoms with E-state index in [2.05, 4.69) is 11.3 Å². The third kappa shape index (κ3) is 3.47. The summed E-state index contributed by atoms with van der Waals surface area (Å²) in [5.41, 5.74) is 1.91. The second-order valence-electron chi connectivity index (χ2n) is 3.78. The molecule has 0 amide bonds. The largest absolute Gasteiger partial charge is 0.240 e. The van der Waals surface area contributed by atoms with Crippen molar-refractivity contribution in [2.24, 2.45) is 0 Å². The number of hydrogen-bond acceptors (Lipinski definition) is 2. The Kier molecular flexibility index (Phi) is 4.26. The van der Waals surface area contributed by atoms with Crippen LogP contribution in [0, 0.1) is 0 Å². The van der Waals surface area contributed by atoms with Gasteiger partial charge in [0.25, 0.3) is 0 Å². The molecular formula is C12H17NO2S. The van der Waals surface area contributed by atoms with Crippen molar-refractivity contribution >= 4 is 10.0 Å². The van der Waals surface area contributed by atoms with Crippen LogP contribution in [-0.2, 0) is 16.4 Å². The number of aryl methyl sites for hydroxylation is 1. The van der Waals surface area contributed by atoms with Gasteiger partial charge in [-0.3, -0.25) is 0 Å². The molecule has 1 rings (SSSR count). The molecule has 88 valence electrons. The van der Waals surface area contributed by atoms with Crippen molar-refractivity contribution in [1.29, 1.82) is 0 Å². The first-order valence-electron chi connectivity index (χ1n) is 5.18. The molecule has 0 radical (unpaired) electrons. The fourth-order valence-electron chi connectivity index (χ4n) is 1.21. The molecule has 0 unspecified atom stereocenters. The number of nitrogens with one attached hydrogen (secondary N) is 1. The molecule has 0 fully saturated rings. The van der Waals surface area contributed by atoms with Gasteiger partial charge in [0.1, 0.15) is 0 Å². The van der Waals surface area contributed by atoms with E-state index in [9.17, 15) is 8.42 Å². The Morgan fingerprint density at radius 1 is 1.31 bits per heavy atom. The Morgan fingerprint density at radius 3 is 2.31 bits per heavy atom. The van der Waals surface area contributed by atoms with Crippen molar-refractivity contribution in [3.05, 3.63) is 42.0 Å². The fraction of sp³-hybridized carbons (Fsp3) is 0.333. The molecule has 0 bridgehead atoms. The van der Waals surface area contributed by atoms with Gasteiger partial charge in [0.15, 0.2) is 0 Å². The lowest BCUT2D eigenvalue weighted by Crippen LogP contribution is -2.25. The second kappa shape index (κ2) is 5.27. The van der Waals surface area contributed by atoms with E-state index in [4.69, 9.17) is 0 Å². The molecule has 0 spiro atoms. The maximum atomic E-state index is 11.8. The van der Waals surface area contributed by atoms with Crippen LogP contribution in [0.15, 0.2) is 41.3 Å². The van der Waals surface area contributed by atoms with Crippen molar-refractivity contribution < 1.29 is 8.42 Å². The lowest BCUT2D eigenvalue weighted by Gasteiger charge is -2.06. The van der Waals surface area contributed by atoms with Crippen LogP contribution in [0.5, 0.6) is 0 Å². The summed E-state index contributed by atoms with van der Waals surface area (Å²) in [5, 5.41) is 0. The predicted octanol–water partition coefficient (Wildman–Crippen LogP) is 2.10. The van der Waals surface area contributed by atoms with Crippen LogP contribution in [-0.4, -0.2) is 15.0 Å². The molecule has 0 aliphatic carbocycles. The second-order valence-corrected chi connectivity index (χ2v) is 5.55. The highest BCUT2D eigenvalue weighted by molar-refractivity contribution is 7.89. The molecule has 0 atom stereocenters. The topological polar surface area (TPSA) is 46.2 Å². The van der Waals surface area contributed by atoms with Crippen molar-refractivity contribution in [3.63, 3.8) is 0 Å². The summed E-state index contributed by atoms with van der Waals surface area (Å²) in [5.74, 6) is 0. The SMILES string of the molecule is C=C(C)CNS(=O)(=O)c1ccc(CC)cc1. The standard InChI is InChI=1S/C12H17NO2S/c1-4-11-5-7-12(8-6-11)16(14,15)13-9-10(2)3/h5-8,13H,2,4,9H2,1,3H3. The normalized spacial score (nSPS) is 11.4. The highest BCUT2D eigenvalue weighted by atomic mass is 32.2. The molecule has 0 saturated carbocycles. The van der Waals surface area contributed by atoms with Crippen LogP contribution >= 0.6 is 0 Å². The quantitative estimate of drug-likeness (QED) is 0.800. The van der Waals surface area contributed by atoms with Gasteiger partial charge >= 0.3 is 0 Å². The van der Waals surface area contributed by atoms with E-state index in [1.807, 2.05) is 19.1 Å². The van der Waals surface area contributed by atoms with Gasteiger partial charge in [-0.25, -0.2) is 13.1 Å². The summed E-state index contributed by atoms with van der Waals surface area (Å²) in [6.07, 6.45) is 0.902. The van der Waals surface area contributed by atoms with Crippen molar-refractivity contribution in [2.45, 2.75) is 25.2 Å². The van der Waals surface area contributed by atoms with E-state index in [1.165, 1.54) is 0 Å². The number of rotatable bonds is 5. The Balaban J connectivity index is 2.85. The Morgan fingerprint density at radius 2 is 1.88 bits per heavy atom. The molecule has 16 heavy (non-hydrogen) atoms. The van der Waals surface area contributed by atoms with Crippen LogP contribution in [0.1, 0.15) is 19.4 Å². The van der Waals surface area contributed by atoms with Crippen LogP contribution in [0.3, 0.4) is 0 Å². The Bertz CT molecular complexity index is 460. The maximum Gasteiger partial charge on any atom is 0.240 e. The van der Waals surface area contributed by atoms with Crippen molar-refractivity contribution in [1.82, 2.24) is 4.72 Å². The summed E-state index contributed by atoms with van der Waals surface area (Å²) in [6, 6.07) is 6.91. The molecule has 0 aliphatic rings. The molecule has 3 nitrogen and oxygen atoms in total. The van der Waals surface area contributed by atoms with Crippen molar-refractivity contribution in [3.8, 4) is 0 Å². The number of hydrogen-bond donors (Lipinski definition) is 1. The highest BCUT2D eigenvalue weighted by Gasteiger charge is 2.12. The van der Waals surface area contributed by atoms with Gasteiger partial charge in [0.05, 0.1) is 4.90 Å². The van der Waals surface area contributed by atoms with Crippen LogP contribution in [0.2, 0.25) is 0 Å². The lowest BCUT2D eigenvalue weighted by atomic mass is 10.2. The molecule has 1 aromatic carbocycles. The van der Waals surface area contributed by atoms with Gasteiger partial charge in [-0.2, -0.15) is 0 Å². The first-order valence-corrected chi connectivity index (χ1v) is 6.67. The van der Waals surface area contributed by atoms with E-state index in [0.29, 0.717) is 4.90 Å². The molecule has 1 N–H and O–H groups in total. The summed E-state index contributed by atoms with van der Waals surface area (Å²) < 4.78 is 26.1. The molecule has 0 heterocycles. The maximum absolute atomic E-state index is 11.8. The molecule has 0 saturated heterocycles. The van der Waals surface area contributed by atoms with Gasteiger partial charge in [-0.1, -0.05) is 31.2 Å². The van der Waals surface area contributed by atoms with Gasteiger partial charge in [0.2, 0.25) is 10.0 Å². The van der Waals surface area contributed by atoms with E-state index in [-0.39, 0.29) is 6.54 Å². The molecular weight excluding hydrogens is 222 g/mol. The zero-order chi connectivity index (χ0) is 12.2. The third-order valence-electron chi connectivity index (χ3n) is 2.21. The minimum absolute atomic E-state index is 0.276. The molecule has 0 aromatic heterocycles. The first kappa shape index (κ1) is 12.9. The van der Waals surface area contributed by atoms with Gasteiger partial charge in [-0.05, 0) is 31.0 Å². The predicted molar refractivity (Wildman–Crippen MR) is 65.8 cm³/mol. The Labute approximate surface area is 97.2 Å². The zero-order valence-corrected chi connectivity index (χ0v) is 10.5. The minimum Gasteiger partial charge on any atom is -0.207 e.